The SMILES string of the molecule is C=CC(C)NC(CO)Cc1ccccc1. The van der Waals surface area contributed by atoms with E-state index in [1.807, 2.05) is 31.2 Å². The van der Waals surface area contributed by atoms with Crippen molar-refractivity contribution in [2.45, 2.75) is 25.4 Å². The molecule has 0 spiro atoms. The molecular formula is C13H19NO. The van der Waals surface area contributed by atoms with Crippen LogP contribution in [0.3, 0.4) is 0 Å². The van der Waals surface area contributed by atoms with Crippen LogP contribution in [-0.2, 0) is 6.42 Å². The summed E-state index contributed by atoms with van der Waals surface area (Å²) in [6, 6.07) is 10.5. The third kappa shape index (κ3) is 4.28. The first kappa shape index (κ1) is 12.0. The van der Waals surface area contributed by atoms with E-state index in [-0.39, 0.29) is 18.7 Å². The number of aliphatic hydroxyl groups excluding tert-OH is 1. The predicted octanol–water partition coefficient (Wildman–Crippen LogP) is 1.75. The Kier molecular flexibility index (Phi) is 5.08. The average Bonchev–Trinajstić information content (AvgIpc) is 2.29. The molecule has 15 heavy (non-hydrogen) atoms. The van der Waals surface area contributed by atoms with Crippen LogP contribution in [0.5, 0.6) is 0 Å². The predicted molar refractivity (Wildman–Crippen MR) is 63.8 cm³/mol. The Balaban J connectivity index is 2.50. The molecule has 1 aromatic carbocycles. The average molecular weight is 205 g/mol. The van der Waals surface area contributed by atoms with Crippen molar-refractivity contribution >= 4 is 0 Å². The molecule has 2 nitrogen and oxygen atoms in total. The Labute approximate surface area is 91.6 Å². The van der Waals surface area contributed by atoms with Gasteiger partial charge in [-0.3, -0.25) is 0 Å². The molecule has 0 saturated carbocycles. The maximum Gasteiger partial charge on any atom is 0.0588 e. The number of hydrogen-bond acceptors (Lipinski definition) is 2. The lowest BCUT2D eigenvalue weighted by Crippen LogP contribution is -2.39. The molecule has 2 N–H and O–H groups in total. The number of nitrogens with one attached hydrogen (secondary N) is 1. The Bertz CT molecular complexity index is 284. The van der Waals surface area contributed by atoms with Crippen LogP contribution in [-0.4, -0.2) is 23.8 Å². The highest BCUT2D eigenvalue weighted by Gasteiger charge is 2.09. The normalized spacial score (nSPS) is 14.5. The van der Waals surface area contributed by atoms with Crippen molar-refractivity contribution < 1.29 is 5.11 Å². The van der Waals surface area contributed by atoms with Gasteiger partial charge in [0.1, 0.15) is 0 Å². The van der Waals surface area contributed by atoms with Crippen LogP contribution < -0.4 is 5.32 Å². The molecule has 0 fully saturated rings. The number of rotatable bonds is 6. The minimum absolute atomic E-state index is 0.0976. The minimum Gasteiger partial charge on any atom is -0.395 e. The summed E-state index contributed by atoms with van der Waals surface area (Å²) in [4.78, 5) is 0. The van der Waals surface area contributed by atoms with Gasteiger partial charge in [-0.25, -0.2) is 0 Å². The van der Waals surface area contributed by atoms with Gasteiger partial charge in [0.2, 0.25) is 0 Å². The van der Waals surface area contributed by atoms with E-state index >= 15 is 0 Å². The topological polar surface area (TPSA) is 32.3 Å². The first-order valence-corrected chi connectivity index (χ1v) is 5.29. The van der Waals surface area contributed by atoms with Gasteiger partial charge in [-0.15, -0.1) is 6.58 Å². The zero-order valence-corrected chi connectivity index (χ0v) is 9.19. The van der Waals surface area contributed by atoms with Crippen molar-refractivity contribution in [3.63, 3.8) is 0 Å². The highest BCUT2D eigenvalue weighted by molar-refractivity contribution is 5.16. The van der Waals surface area contributed by atoms with Crippen molar-refractivity contribution in [3.05, 3.63) is 48.6 Å². The summed E-state index contributed by atoms with van der Waals surface area (Å²) in [5.41, 5.74) is 1.24. The summed E-state index contributed by atoms with van der Waals surface area (Å²) >= 11 is 0. The highest BCUT2D eigenvalue weighted by atomic mass is 16.3. The molecule has 0 bridgehead atoms. The molecule has 2 heteroatoms. The van der Waals surface area contributed by atoms with Crippen molar-refractivity contribution in [1.82, 2.24) is 5.32 Å². The fraction of sp³-hybridized carbons (Fsp3) is 0.385. The third-order valence-electron chi connectivity index (χ3n) is 2.40. The van der Waals surface area contributed by atoms with Crippen molar-refractivity contribution in [2.24, 2.45) is 0 Å². The molecule has 1 aromatic rings. The second-order valence-corrected chi connectivity index (χ2v) is 3.76. The van der Waals surface area contributed by atoms with Crippen LogP contribution >= 0.6 is 0 Å². The van der Waals surface area contributed by atoms with Gasteiger partial charge < -0.3 is 10.4 Å². The molecular weight excluding hydrogens is 186 g/mol. The fourth-order valence-corrected chi connectivity index (χ4v) is 1.51. The maximum absolute atomic E-state index is 9.23. The Morgan fingerprint density at radius 2 is 2.07 bits per heavy atom. The summed E-state index contributed by atoms with van der Waals surface area (Å²) < 4.78 is 0. The van der Waals surface area contributed by atoms with E-state index < -0.39 is 0 Å². The molecule has 0 saturated heterocycles. The molecule has 2 unspecified atom stereocenters. The van der Waals surface area contributed by atoms with E-state index in [1.165, 1.54) is 5.56 Å². The zero-order valence-electron chi connectivity index (χ0n) is 9.19. The van der Waals surface area contributed by atoms with Crippen molar-refractivity contribution in [2.75, 3.05) is 6.61 Å². The van der Waals surface area contributed by atoms with Crippen molar-refractivity contribution in [3.8, 4) is 0 Å². The third-order valence-corrected chi connectivity index (χ3v) is 2.40. The quantitative estimate of drug-likeness (QED) is 0.693. The smallest absolute Gasteiger partial charge is 0.0588 e. The Hall–Kier alpha value is -1.12. The molecule has 0 amide bonds. The van der Waals surface area contributed by atoms with Gasteiger partial charge in [-0.05, 0) is 18.9 Å². The van der Waals surface area contributed by atoms with Gasteiger partial charge in [0.05, 0.1) is 6.61 Å². The summed E-state index contributed by atoms with van der Waals surface area (Å²) in [5.74, 6) is 0. The molecule has 0 aliphatic heterocycles. The number of benzene rings is 1. The summed E-state index contributed by atoms with van der Waals surface area (Å²) in [5, 5.41) is 12.5. The van der Waals surface area contributed by atoms with Gasteiger partial charge in [-0.2, -0.15) is 0 Å². The van der Waals surface area contributed by atoms with Gasteiger partial charge in [-0.1, -0.05) is 36.4 Å². The van der Waals surface area contributed by atoms with Crippen LogP contribution in [0.25, 0.3) is 0 Å². The molecule has 0 aliphatic carbocycles. The molecule has 1 rings (SSSR count). The van der Waals surface area contributed by atoms with E-state index in [0.29, 0.717) is 0 Å². The van der Waals surface area contributed by atoms with E-state index in [4.69, 9.17) is 0 Å². The number of aliphatic hydroxyl groups is 1. The van der Waals surface area contributed by atoms with Crippen molar-refractivity contribution in [1.29, 1.82) is 0 Å². The maximum atomic E-state index is 9.23. The van der Waals surface area contributed by atoms with Crippen LogP contribution in [0.15, 0.2) is 43.0 Å². The van der Waals surface area contributed by atoms with Gasteiger partial charge in [0.25, 0.3) is 0 Å². The molecule has 0 heterocycles. The molecule has 0 aromatic heterocycles. The lowest BCUT2D eigenvalue weighted by atomic mass is 10.1. The summed E-state index contributed by atoms with van der Waals surface area (Å²) in [6.45, 7) is 5.89. The molecule has 82 valence electrons. The van der Waals surface area contributed by atoms with E-state index in [2.05, 4.69) is 24.0 Å². The van der Waals surface area contributed by atoms with E-state index in [1.54, 1.807) is 0 Å². The fourth-order valence-electron chi connectivity index (χ4n) is 1.51. The van der Waals surface area contributed by atoms with Crippen LogP contribution in [0.4, 0.5) is 0 Å². The first-order valence-electron chi connectivity index (χ1n) is 5.29. The monoisotopic (exact) mass is 205 g/mol. The second kappa shape index (κ2) is 6.38. The Morgan fingerprint density at radius 3 is 2.60 bits per heavy atom. The largest absolute Gasteiger partial charge is 0.395 e. The molecule has 0 radical (unpaired) electrons. The minimum atomic E-state index is 0.0976. The second-order valence-electron chi connectivity index (χ2n) is 3.76. The van der Waals surface area contributed by atoms with Gasteiger partial charge in [0.15, 0.2) is 0 Å². The van der Waals surface area contributed by atoms with Crippen LogP contribution in [0.1, 0.15) is 12.5 Å². The molecule has 0 aliphatic rings. The van der Waals surface area contributed by atoms with Gasteiger partial charge >= 0.3 is 0 Å². The Morgan fingerprint density at radius 1 is 1.40 bits per heavy atom. The van der Waals surface area contributed by atoms with E-state index in [0.717, 1.165) is 6.42 Å². The summed E-state index contributed by atoms with van der Waals surface area (Å²) in [7, 11) is 0. The first-order chi connectivity index (χ1) is 7.26. The lowest BCUT2D eigenvalue weighted by Gasteiger charge is -2.19. The van der Waals surface area contributed by atoms with Crippen LogP contribution in [0.2, 0.25) is 0 Å². The summed E-state index contributed by atoms with van der Waals surface area (Å²) in [6.07, 6.45) is 2.68. The molecule has 2 atom stereocenters. The standard InChI is InChI=1S/C13H19NO/c1-3-11(2)14-13(10-15)9-12-7-5-4-6-8-12/h3-8,11,13-15H,1,9-10H2,2H3. The van der Waals surface area contributed by atoms with Crippen LogP contribution in [0, 0.1) is 0 Å². The lowest BCUT2D eigenvalue weighted by molar-refractivity contribution is 0.237. The van der Waals surface area contributed by atoms with Gasteiger partial charge in [0, 0.05) is 12.1 Å². The zero-order chi connectivity index (χ0) is 11.1. The van der Waals surface area contributed by atoms with E-state index in [9.17, 15) is 5.11 Å². The number of hydrogen-bond donors (Lipinski definition) is 2. The highest BCUT2D eigenvalue weighted by Crippen LogP contribution is 2.03.